The maximum Gasteiger partial charge on any atom is 0.239 e. The molecule has 174 valence electrons. The second-order valence-corrected chi connectivity index (χ2v) is 10.9. The molecule has 0 saturated carbocycles. The van der Waals surface area contributed by atoms with Gasteiger partial charge in [0.15, 0.2) is 0 Å². The summed E-state index contributed by atoms with van der Waals surface area (Å²) in [5.41, 5.74) is 1.82. The van der Waals surface area contributed by atoms with Crippen LogP contribution in [0.15, 0.2) is 35.0 Å². The molecule has 0 spiro atoms. The van der Waals surface area contributed by atoms with E-state index in [1.807, 2.05) is 6.07 Å². The van der Waals surface area contributed by atoms with Crippen LogP contribution in [0, 0.1) is 0 Å². The SMILES string of the molecule is COc1cc(N=S2(=O)CCCC2)cc2ncnc(Nc3ccc(Cl)nc3OC3CCOC3)c12. The maximum absolute atomic E-state index is 12.9. The van der Waals surface area contributed by atoms with Crippen molar-refractivity contribution in [3.8, 4) is 11.6 Å². The molecule has 4 heterocycles. The molecule has 1 aromatic carbocycles. The third kappa shape index (κ3) is 4.83. The zero-order valence-electron chi connectivity index (χ0n) is 18.1. The first-order chi connectivity index (χ1) is 16.0. The van der Waals surface area contributed by atoms with Crippen LogP contribution in [0.25, 0.3) is 10.9 Å². The molecular weight excluding hydrogens is 466 g/mol. The molecule has 1 atom stereocenters. The van der Waals surface area contributed by atoms with Gasteiger partial charge in [0.05, 0.1) is 46.6 Å². The van der Waals surface area contributed by atoms with Crippen LogP contribution in [-0.4, -0.2) is 57.1 Å². The minimum atomic E-state index is -2.22. The summed E-state index contributed by atoms with van der Waals surface area (Å²) in [6, 6.07) is 7.05. The molecule has 0 bridgehead atoms. The molecule has 1 unspecified atom stereocenters. The van der Waals surface area contributed by atoms with E-state index in [1.165, 1.54) is 6.33 Å². The molecule has 2 aromatic heterocycles. The Morgan fingerprint density at radius 2 is 2.09 bits per heavy atom. The zero-order chi connectivity index (χ0) is 22.8. The van der Waals surface area contributed by atoms with Gasteiger partial charge in [-0.15, -0.1) is 0 Å². The first kappa shape index (κ1) is 22.1. The Balaban J connectivity index is 1.54. The normalized spacial score (nSPS) is 19.5. The summed E-state index contributed by atoms with van der Waals surface area (Å²) < 4.78 is 34.5. The minimum absolute atomic E-state index is 0.0881. The van der Waals surface area contributed by atoms with Crippen LogP contribution in [0.2, 0.25) is 5.15 Å². The number of fused-ring (bicyclic) bond motifs is 1. The van der Waals surface area contributed by atoms with E-state index in [4.69, 9.17) is 25.8 Å². The molecular formula is C22H24ClN5O4S. The van der Waals surface area contributed by atoms with Crippen molar-refractivity contribution in [2.75, 3.05) is 37.1 Å². The quantitative estimate of drug-likeness (QED) is 0.504. The van der Waals surface area contributed by atoms with Crippen molar-refractivity contribution < 1.29 is 18.4 Å². The lowest BCUT2D eigenvalue weighted by molar-refractivity contribution is 0.138. The molecule has 1 N–H and O–H groups in total. The summed E-state index contributed by atoms with van der Waals surface area (Å²) in [7, 11) is -0.645. The van der Waals surface area contributed by atoms with Gasteiger partial charge in [0.2, 0.25) is 5.88 Å². The van der Waals surface area contributed by atoms with Crippen molar-refractivity contribution in [2.24, 2.45) is 4.36 Å². The van der Waals surface area contributed by atoms with Crippen LogP contribution >= 0.6 is 11.6 Å². The number of benzene rings is 1. The Bertz CT molecular complexity index is 1290. The Hall–Kier alpha value is -2.69. The van der Waals surface area contributed by atoms with Gasteiger partial charge in [0.1, 0.15) is 34.8 Å². The number of rotatable bonds is 6. The van der Waals surface area contributed by atoms with Gasteiger partial charge in [-0.1, -0.05) is 11.6 Å². The van der Waals surface area contributed by atoms with Crippen molar-refractivity contribution >= 4 is 49.4 Å². The van der Waals surface area contributed by atoms with E-state index in [0.29, 0.717) is 69.6 Å². The van der Waals surface area contributed by atoms with Gasteiger partial charge in [-0.25, -0.2) is 14.2 Å². The number of ether oxygens (including phenoxy) is 3. The molecule has 2 fully saturated rings. The predicted octanol–water partition coefficient (Wildman–Crippen LogP) is 4.49. The summed E-state index contributed by atoms with van der Waals surface area (Å²) in [6.07, 6.45) is 4.03. The molecule has 0 radical (unpaired) electrons. The van der Waals surface area contributed by atoms with Crippen LogP contribution in [0.4, 0.5) is 17.2 Å². The van der Waals surface area contributed by atoms with Crippen LogP contribution < -0.4 is 14.8 Å². The van der Waals surface area contributed by atoms with Crippen LogP contribution in [0.1, 0.15) is 19.3 Å². The smallest absolute Gasteiger partial charge is 0.239 e. The third-order valence-electron chi connectivity index (χ3n) is 5.60. The van der Waals surface area contributed by atoms with Crippen molar-refractivity contribution in [1.29, 1.82) is 0 Å². The highest BCUT2D eigenvalue weighted by Gasteiger charge is 2.22. The number of aromatic nitrogens is 3. The Kier molecular flexibility index (Phi) is 6.22. The highest BCUT2D eigenvalue weighted by Crippen LogP contribution is 2.38. The van der Waals surface area contributed by atoms with Crippen molar-refractivity contribution in [3.63, 3.8) is 0 Å². The lowest BCUT2D eigenvalue weighted by atomic mass is 10.2. The Morgan fingerprint density at radius 3 is 2.85 bits per heavy atom. The number of nitrogens with zero attached hydrogens (tertiary/aromatic N) is 4. The second kappa shape index (κ2) is 9.28. The molecule has 5 rings (SSSR count). The number of hydrogen-bond acceptors (Lipinski definition) is 9. The molecule has 2 aliphatic rings. The predicted molar refractivity (Wildman–Crippen MR) is 128 cm³/mol. The van der Waals surface area contributed by atoms with Crippen LogP contribution in [0.5, 0.6) is 11.6 Å². The Labute approximate surface area is 197 Å². The molecule has 2 saturated heterocycles. The average molecular weight is 490 g/mol. The standard InChI is InChI=1S/C22H24ClN5O4S/c1-30-18-11-14(28-33(29)8-2-3-9-33)10-17-20(18)21(25-13-24-17)26-16-4-5-19(23)27-22(16)32-15-6-7-31-12-15/h4-5,10-11,13,15H,2-3,6-9,12H2,1H3,(H,24,25,26). The third-order valence-corrected chi connectivity index (χ3v) is 8.21. The van der Waals surface area contributed by atoms with E-state index in [2.05, 4.69) is 24.6 Å². The van der Waals surface area contributed by atoms with Crippen molar-refractivity contribution in [1.82, 2.24) is 15.0 Å². The minimum Gasteiger partial charge on any atom is -0.496 e. The summed E-state index contributed by atoms with van der Waals surface area (Å²) in [5, 5.41) is 4.28. The second-order valence-electron chi connectivity index (χ2n) is 7.96. The average Bonchev–Trinajstić information content (AvgIpc) is 3.47. The summed E-state index contributed by atoms with van der Waals surface area (Å²) in [5.74, 6) is 2.67. The maximum atomic E-state index is 12.9. The van der Waals surface area contributed by atoms with Gasteiger partial charge in [-0.2, -0.15) is 9.35 Å². The molecule has 33 heavy (non-hydrogen) atoms. The zero-order valence-corrected chi connectivity index (χ0v) is 19.7. The van der Waals surface area contributed by atoms with Crippen LogP contribution in [-0.2, 0) is 14.5 Å². The lowest BCUT2D eigenvalue weighted by Gasteiger charge is -2.17. The van der Waals surface area contributed by atoms with Gasteiger partial charge in [-0.05, 0) is 31.0 Å². The highest BCUT2D eigenvalue weighted by molar-refractivity contribution is 7.93. The van der Waals surface area contributed by atoms with Crippen LogP contribution in [0.3, 0.4) is 0 Å². The molecule has 3 aromatic rings. The van der Waals surface area contributed by atoms with Gasteiger partial charge in [-0.3, -0.25) is 0 Å². The molecule has 11 heteroatoms. The van der Waals surface area contributed by atoms with E-state index < -0.39 is 9.73 Å². The fourth-order valence-electron chi connectivity index (χ4n) is 3.98. The largest absolute Gasteiger partial charge is 0.496 e. The number of hydrogen-bond donors (Lipinski definition) is 1. The lowest BCUT2D eigenvalue weighted by Crippen LogP contribution is -2.17. The molecule has 2 aliphatic heterocycles. The fraction of sp³-hybridized carbons (Fsp3) is 0.409. The van der Waals surface area contributed by atoms with Gasteiger partial charge < -0.3 is 19.5 Å². The molecule has 9 nitrogen and oxygen atoms in total. The van der Waals surface area contributed by atoms with Gasteiger partial charge >= 0.3 is 0 Å². The van der Waals surface area contributed by atoms with Gasteiger partial charge in [0, 0.05) is 24.0 Å². The molecule has 0 aliphatic carbocycles. The number of methoxy groups -OCH3 is 1. The topological polar surface area (TPSA) is 108 Å². The summed E-state index contributed by atoms with van der Waals surface area (Å²) in [6.45, 7) is 1.16. The monoisotopic (exact) mass is 489 g/mol. The first-order valence-electron chi connectivity index (χ1n) is 10.8. The van der Waals surface area contributed by atoms with E-state index in [1.54, 1.807) is 25.3 Å². The number of nitrogens with one attached hydrogen (secondary N) is 1. The Morgan fingerprint density at radius 1 is 1.24 bits per heavy atom. The number of pyridine rings is 1. The van der Waals surface area contributed by atoms with Gasteiger partial charge in [0.25, 0.3) is 0 Å². The van der Waals surface area contributed by atoms with Crippen molar-refractivity contribution in [3.05, 3.63) is 35.7 Å². The van der Waals surface area contributed by atoms with E-state index in [0.717, 1.165) is 19.3 Å². The summed E-state index contributed by atoms with van der Waals surface area (Å²) in [4.78, 5) is 13.2. The molecule has 0 amide bonds. The summed E-state index contributed by atoms with van der Waals surface area (Å²) >= 11 is 6.12. The number of halogens is 1. The number of anilines is 2. The van der Waals surface area contributed by atoms with E-state index in [9.17, 15) is 4.21 Å². The first-order valence-corrected chi connectivity index (χ1v) is 13.0. The van der Waals surface area contributed by atoms with E-state index in [-0.39, 0.29) is 6.10 Å². The fourth-order valence-corrected chi connectivity index (χ4v) is 6.31. The highest BCUT2D eigenvalue weighted by atomic mass is 35.5. The van der Waals surface area contributed by atoms with Crippen molar-refractivity contribution in [2.45, 2.75) is 25.4 Å². The van der Waals surface area contributed by atoms with E-state index >= 15 is 0 Å².